The van der Waals surface area contributed by atoms with Crippen molar-refractivity contribution >= 4 is 17.6 Å². The zero-order chi connectivity index (χ0) is 13.9. The predicted octanol–water partition coefficient (Wildman–Crippen LogP) is 0.730. The number of hydrogen-bond donors (Lipinski definition) is 2. The van der Waals surface area contributed by atoms with E-state index in [1.807, 2.05) is 0 Å². The van der Waals surface area contributed by atoms with Gasteiger partial charge >= 0.3 is 5.97 Å². The zero-order valence-electron chi connectivity index (χ0n) is 9.56. The first-order chi connectivity index (χ1) is 8.32. The smallest absolute Gasteiger partial charge is 0.321 e. The van der Waals surface area contributed by atoms with Gasteiger partial charge in [0.1, 0.15) is 17.7 Å². The van der Waals surface area contributed by atoms with E-state index in [-0.39, 0.29) is 5.69 Å². The normalized spacial score (nSPS) is 12.0. The van der Waals surface area contributed by atoms with Gasteiger partial charge in [0.2, 0.25) is 5.91 Å². The third kappa shape index (κ3) is 3.24. The van der Waals surface area contributed by atoms with E-state index in [1.165, 1.54) is 7.05 Å². The summed E-state index contributed by atoms with van der Waals surface area (Å²) in [6.07, 6.45) is -0.498. The van der Waals surface area contributed by atoms with Gasteiger partial charge in [-0.3, -0.25) is 9.59 Å². The number of carbonyl (C=O) groups is 2. The molecule has 7 heteroatoms. The Balaban J connectivity index is 2.86. The molecular weight excluding hydrogens is 246 g/mol. The van der Waals surface area contributed by atoms with Crippen molar-refractivity contribution in [1.29, 1.82) is 0 Å². The molecule has 0 radical (unpaired) electrons. The minimum absolute atomic E-state index is 0.266. The van der Waals surface area contributed by atoms with E-state index < -0.39 is 36.0 Å². The number of halogens is 2. The van der Waals surface area contributed by atoms with Crippen LogP contribution >= 0.6 is 0 Å². The summed E-state index contributed by atoms with van der Waals surface area (Å²) >= 11 is 0. The number of rotatable bonds is 4. The molecule has 1 aromatic carbocycles. The second-order valence-electron chi connectivity index (χ2n) is 3.70. The van der Waals surface area contributed by atoms with Gasteiger partial charge in [-0.25, -0.2) is 8.78 Å². The Bertz CT molecular complexity index is 479. The van der Waals surface area contributed by atoms with Gasteiger partial charge in [-0.1, -0.05) is 0 Å². The lowest BCUT2D eigenvalue weighted by atomic mass is 10.2. The summed E-state index contributed by atoms with van der Waals surface area (Å²) in [7, 11) is 1.22. The molecule has 1 aromatic rings. The number of nitrogens with zero attached hydrogens (tertiary/aromatic N) is 1. The van der Waals surface area contributed by atoms with Gasteiger partial charge in [-0.15, -0.1) is 0 Å². The molecule has 0 aromatic heterocycles. The van der Waals surface area contributed by atoms with Crippen LogP contribution < -0.4 is 10.6 Å². The molecule has 0 aliphatic heterocycles. The highest BCUT2D eigenvalue weighted by Crippen LogP contribution is 2.20. The van der Waals surface area contributed by atoms with E-state index >= 15 is 0 Å². The lowest BCUT2D eigenvalue weighted by Gasteiger charge is -2.19. The van der Waals surface area contributed by atoms with Gasteiger partial charge in [0.15, 0.2) is 0 Å². The Morgan fingerprint density at radius 1 is 1.44 bits per heavy atom. The number of carboxylic acid groups (broad SMARTS) is 1. The van der Waals surface area contributed by atoms with E-state index in [9.17, 15) is 18.4 Å². The third-order valence-corrected chi connectivity index (χ3v) is 2.36. The highest BCUT2D eigenvalue weighted by Gasteiger charge is 2.21. The van der Waals surface area contributed by atoms with Crippen LogP contribution in [0.4, 0.5) is 14.5 Å². The molecule has 0 saturated carbocycles. The fourth-order valence-corrected chi connectivity index (χ4v) is 1.29. The molecule has 1 atom stereocenters. The van der Waals surface area contributed by atoms with E-state index in [1.54, 1.807) is 0 Å². The van der Waals surface area contributed by atoms with Gasteiger partial charge in [-0.05, 0) is 12.1 Å². The molecule has 18 heavy (non-hydrogen) atoms. The maximum atomic E-state index is 13.4. The number of carbonyl (C=O) groups excluding carboxylic acids is 1. The van der Waals surface area contributed by atoms with Crippen LogP contribution in [0.15, 0.2) is 18.2 Å². The minimum atomic E-state index is -1.38. The topological polar surface area (TPSA) is 83.6 Å². The molecule has 0 aliphatic rings. The number of nitrogens with two attached hydrogens (primary N) is 1. The molecule has 5 nitrogen and oxygen atoms in total. The Morgan fingerprint density at radius 2 is 2.06 bits per heavy atom. The Kier molecular flexibility index (Phi) is 4.33. The number of benzene rings is 1. The van der Waals surface area contributed by atoms with Gasteiger partial charge in [0.05, 0.1) is 12.1 Å². The number of anilines is 1. The van der Waals surface area contributed by atoms with Crippen LogP contribution in [-0.2, 0) is 9.59 Å². The van der Waals surface area contributed by atoms with E-state index in [4.69, 9.17) is 10.8 Å². The standard InChI is InChI=1S/C11H12F2N2O3/c1-15(10(16)5-8(14)11(17)18)9-4-6(12)2-3-7(9)13/h2-4,8H,5,14H2,1H3,(H,17,18). The lowest BCUT2D eigenvalue weighted by Crippen LogP contribution is -2.38. The summed E-state index contributed by atoms with van der Waals surface area (Å²) < 4.78 is 26.3. The molecule has 3 N–H and O–H groups in total. The van der Waals surface area contributed by atoms with Crippen molar-refractivity contribution in [2.75, 3.05) is 11.9 Å². The molecule has 1 amide bonds. The molecular formula is C11H12F2N2O3. The van der Waals surface area contributed by atoms with Crippen LogP contribution in [0.5, 0.6) is 0 Å². The van der Waals surface area contributed by atoms with E-state index in [0.717, 1.165) is 23.1 Å². The van der Waals surface area contributed by atoms with Crippen molar-refractivity contribution in [2.24, 2.45) is 5.73 Å². The number of aliphatic carboxylic acids is 1. The van der Waals surface area contributed by atoms with Crippen LogP contribution in [0.1, 0.15) is 6.42 Å². The first-order valence-corrected chi connectivity index (χ1v) is 5.03. The zero-order valence-corrected chi connectivity index (χ0v) is 9.56. The summed E-state index contributed by atoms with van der Waals surface area (Å²) in [5.41, 5.74) is 4.92. The molecule has 0 bridgehead atoms. The second-order valence-corrected chi connectivity index (χ2v) is 3.70. The summed E-state index contributed by atoms with van der Waals surface area (Å²) in [4.78, 5) is 22.9. The van der Waals surface area contributed by atoms with E-state index in [0.29, 0.717) is 0 Å². The molecule has 0 aliphatic carbocycles. The quantitative estimate of drug-likeness (QED) is 0.833. The van der Waals surface area contributed by atoms with E-state index in [2.05, 4.69) is 0 Å². The van der Waals surface area contributed by atoms with Gasteiger partial charge in [0.25, 0.3) is 0 Å². The highest BCUT2D eigenvalue weighted by atomic mass is 19.1. The average molecular weight is 258 g/mol. The highest BCUT2D eigenvalue weighted by molar-refractivity contribution is 5.95. The van der Waals surface area contributed by atoms with Gasteiger partial charge in [0, 0.05) is 13.1 Å². The third-order valence-electron chi connectivity index (χ3n) is 2.36. The number of amides is 1. The summed E-state index contributed by atoms with van der Waals surface area (Å²) in [5, 5.41) is 8.55. The largest absolute Gasteiger partial charge is 0.480 e. The fraction of sp³-hybridized carbons (Fsp3) is 0.273. The average Bonchev–Trinajstić information content (AvgIpc) is 2.31. The Hall–Kier alpha value is -2.02. The van der Waals surface area contributed by atoms with Crippen molar-refractivity contribution in [3.63, 3.8) is 0 Å². The predicted molar refractivity (Wildman–Crippen MR) is 60.0 cm³/mol. The molecule has 0 heterocycles. The van der Waals surface area contributed by atoms with Crippen molar-refractivity contribution in [1.82, 2.24) is 0 Å². The molecule has 1 unspecified atom stereocenters. The van der Waals surface area contributed by atoms with Crippen LogP contribution in [0.2, 0.25) is 0 Å². The van der Waals surface area contributed by atoms with Gasteiger partial charge < -0.3 is 15.7 Å². The second kappa shape index (κ2) is 5.54. The Morgan fingerprint density at radius 3 is 2.61 bits per heavy atom. The van der Waals surface area contributed by atoms with Crippen molar-refractivity contribution in [3.05, 3.63) is 29.8 Å². The first kappa shape index (κ1) is 14.0. The molecule has 98 valence electrons. The summed E-state index contributed by atoms with van der Waals surface area (Å²) in [6.45, 7) is 0. The minimum Gasteiger partial charge on any atom is -0.480 e. The monoisotopic (exact) mass is 258 g/mol. The van der Waals surface area contributed by atoms with Crippen molar-refractivity contribution < 1.29 is 23.5 Å². The number of hydrogen-bond acceptors (Lipinski definition) is 3. The lowest BCUT2D eigenvalue weighted by molar-refractivity contribution is -0.140. The molecule has 1 rings (SSSR count). The maximum Gasteiger partial charge on any atom is 0.321 e. The molecule has 0 spiro atoms. The van der Waals surface area contributed by atoms with Gasteiger partial charge in [-0.2, -0.15) is 0 Å². The molecule has 0 saturated heterocycles. The summed E-state index contributed by atoms with van der Waals surface area (Å²) in [6, 6.07) is 1.27. The fourth-order valence-electron chi connectivity index (χ4n) is 1.29. The number of carboxylic acids is 1. The molecule has 0 fully saturated rings. The van der Waals surface area contributed by atoms with Crippen LogP contribution in [0, 0.1) is 11.6 Å². The van der Waals surface area contributed by atoms with Crippen LogP contribution in [0.25, 0.3) is 0 Å². The van der Waals surface area contributed by atoms with Crippen molar-refractivity contribution in [2.45, 2.75) is 12.5 Å². The maximum absolute atomic E-state index is 13.4. The van der Waals surface area contributed by atoms with Crippen molar-refractivity contribution in [3.8, 4) is 0 Å². The van der Waals surface area contributed by atoms with Crippen LogP contribution in [0.3, 0.4) is 0 Å². The first-order valence-electron chi connectivity index (χ1n) is 5.03. The summed E-state index contributed by atoms with van der Waals surface area (Å²) in [5.74, 6) is -3.53. The SMILES string of the molecule is CN(C(=O)CC(N)C(=O)O)c1cc(F)ccc1F. The Labute approximate surface area is 102 Å². The van der Waals surface area contributed by atoms with Crippen LogP contribution in [-0.4, -0.2) is 30.1 Å².